The van der Waals surface area contributed by atoms with Gasteiger partial charge in [0, 0.05) is 12.5 Å². The lowest BCUT2D eigenvalue weighted by molar-refractivity contribution is -0.134. The zero-order valence-electron chi connectivity index (χ0n) is 12.3. The molecule has 2 aromatic rings. The molecule has 118 valence electrons. The highest BCUT2D eigenvalue weighted by atomic mass is 16.5. The highest BCUT2D eigenvalue weighted by molar-refractivity contribution is 5.85. The molecule has 0 radical (unpaired) electrons. The van der Waals surface area contributed by atoms with Crippen molar-refractivity contribution in [3.63, 3.8) is 0 Å². The number of carboxylic acids is 1. The summed E-state index contributed by atoms with van der Waals surface area (Å²) >= 11 is 0. The number of benzene rings is 2. The quantitative estimate of drug-likeness (QED) is 0.486. The van der Waals surface area contributed by atoms with E-state index < -0.39 is 5.97 Å². The van der Waals surface area contributed by atoms with E-state index in [0.29, 0.717) is 17.7 Å². The Morgan fingerprint density at radius 1 is 1.00 bits per heavy atom. The lowest BCUT2D eigenvalue weighted by atomic mass is 10.1. The van der Waals surface area contributed by atoms with E-state index in [1.165, 1.54) is 6.08 Å². The van der Waals surface area contributed by atoms with Gasteiger partial charge in [0.2, 0.25) is 0 Å². The minimum Gasteiger partial charge on any atom is -0.508 e. The summed E-state index contributed by atoms with van der Waals surface area (Å²) in [5.74, 6) is -0.775. The largest absolute Gasteiger partial charge is 0.508 e. The number of aryl methyl sites for hydroxylation is 1. The Balaban J connectivity index is 1.85. The zero-order chi connectivity index (χ0) is 16.7. The van der Waals surface area contributed by atoms with Crippen molar-refractivity contribution in [3.05, 3.63) is 65.7 Å². The molecule has 0 unspecified atom stereocenters. The summed E-state index contributed by atoms with van der Waals surface area (Å²) in [5.41, 5.74) is 1.64. The van der Waals surface area contributed by atoms with Crippen LogP contribution in [0.1, 0.15) is 17.5 Å². The van der Waals surface area contributed by atoms with E-state index in [-0.39, 0.29) is 18.1 Å². The molecule has 0 spiro atoms. The molecule has 0 aliphatic rings. The number of ether oxygens (including phenoxy) is 1. The monoisotopic (exact) mass is 312 g/mol. The first-order valence-corrected chi connectivity index (χ1v) is 7.02. The van der Waals surface area contributed by atoms with Crippen molar-refractivity contribution >= 4 is 18.0 Å². The number of aliphatic carboxylic acids is 1. The number of esters is 1. The van der Waals surface area contributed by atoms with E-state index in [1.807, 2.05) is 0 Å². The fourth-order valence-corrected chi connectivity index (χ4v) is 1.91. The minimum atomic E-state index is -1.02. The van der Waals surface area contributed by atoms with Crippen LogP contribution in [0.3, 0.4) is 0 Å². The highest BCUT2D eigenvalue weighted by Crippen LogP contribution is 2.15. The van der Waals surface area contributed by atoms with Gasteiger partial charge in [-0.3, -0.25) is 4.79 Å². The molecule has 2 N–H and O–H groups in total. The van der Waals surface area contributed by atoms with Gasteiger partial charge in [-0.05, 0) is 47.9 Å². The maximum Gasteiger partial charge on any atom is 0.328 e. The Morgan fingerprint density at radius 2 is 1.65 bits per heavy atom. The lowest BCUT2D eigenvalue weighted by Gasteiger charge is -2.05. The SMILES string of the molecule is O=C(O)/C=C/c1ccc(OC(=O)CCc2ccc(O)cc2)cc1. The molecule has 2 aromatic carbocycles. The van der Waals surface area contributed by atoms with Gasteiger partial charge in [0.25, 0.3) is 0 Å². The van der Waals surface area contributed by atoms with Crippen LogP contribution in [0.25, 0.3) is 6.08 Å². The third-order valence-corrected chi connectivity index (χ3v) is 3.08. The predicted octanol–water partition coefficient (Wildman–Crippen LogP) is 3.03. The van der Waals surface area contributed by atoms with Gasteiger partial charge in [-0.15, -0.1) is 0 Å². The molecule has 0 aliphatic carbocycles. The molecule has 0 aliphatic heterocycles. The van der Waals surface area contributed by atoms with Crippen molar-refractivity contribution in [3.8, 4) is 11.5 Å². The van der Waals surface area contributed by atoms with E-state index in [2.05, 4.69) is 0 Å². The van der Waals surface area contributed by atoms with Gasteiger partial charge in [-0.1, -0.05) is 24.3 Å². The van der Waals surface area contributed by atoms with Crippen molar-refractivity contribution < 1.29 is 24.5 Å². The molecular weight excluding hydrogens is 296 g/mol. The van der Waals surface area contributed by atoms with Gasteiger partial charge in [0.05, 0.1) is 0 Å². The fourth-order valence-electron chi connectivity index (χ4n) is 1.91. The minimum absolute atomic E-state index is 0.188. The molecular formula is C18H16O5. The van der Waals surface area contributed by atoms with Crippen molar-refractivity contribution in [2.45, 2.75) is 12.8 Å². The Bertz CT molecular complexity index is 699. The Morgan fingerprint density at radius 3 is 2.26 bits per heavy atom. The van der Waals surface area contributed by atoms with Crippen LogP contribution in [0.15, 0.2) is 54.6 Å². The average molecular weight is 312 g/mol. The van der Waals surface area contributed by atoms with Crippen LogP contribution in [-0.2, 0) is 16.0 Å². The number of carbonyl (C=O) groups is 2. The number of rotatable bonds is 6. The molecule has 23 heavy (non-hydrogen) atoms. The summed E-state index contributed by atoms with van der Waals surface area (Å²) in [4.78, 5) is 22.2. The van der Waals surface area contributed by atoms with Gasteiger partial charge in [-0.2, -0.15) is 0 Å². The molecule has 2 rings (SSSR count). The van der Waals surface area contributed by atoms with Crippen LogP contribution in [0.2, 0.25) is 0 Å². The molecule has 0 heterocycles. The summed E-state index contributed by atoms with van der Waals surface area (Å²) in [7, 11) is 0. The maximum absolute atomic E-state index is 11.8. The van der Waals surface area contributed by atoms with E-state index >= 15 is 0 Å². The second-order valence-corrected chi connectivity index (χ2v) is 4.88. The summed E-state index contributed by atoms with van der Waals surface area (Å²) in [6.45, 7) is 0. The number of carbonyl (C=O) groups excluding carboxylic acids is 1. The van der Waals surface area contributed by atoms with Crippen molar-refractivity contribution in [2.75, 3.05) is 0 Å². The van der Waals surface area contributed by atoms with E-state index in [0.717, 1.165) is 11.6 Å². The normalized spacial score (nSPS) is 10.6. The van der Waals surface area contributed by atoms with Crippen molar-refractivity contribution in [1.29, 1.82) is 0 Å². The van der Waals surface area contributed by atoms with E-state index in [9.17, 15) is 14.7 Å². The number of phenols is 1. The summed E-state index contributed by atoms with van der Waals surface area (Å²) in [6, 6.07) is 13.2. The van der Waals surface area contributed by atoms with Gasteiger partial charge in [0.1, 0.15) is 11.5 Å². The average Bonchev–Trinajstić information content (AvgIpc) is 2.53. The molecule has 5 nitrogen and oxygen atoms in total. The zero-order valence-corrected chi connectivity index (χ0v) is 12.3. The second kappa shape index (κ2) is 7.79. The van der Waals surface area contributed by atoms with Crippen molar-refractivity contribution in [1.82, 2.24) is 0 Å². The first-order chi connectivity index (χ1) is 11.0. The Labute approximate surface area is 133 Å². The fraction of sp³-hybridized carbons (Fsp3) is 0.111. The van der Waals surface area contributed by atoms with E-state index in [1.54, 1.807) is 48.5 Å². The number of carboxylic acid groups (broad SMARTS) is 1. The second-order valence-electron chi connectivity index (χ2n) is 4.88. The Kier molecular flexibility index (Phi) is 5.52. The molecule has 0 fully saturated rings. The summed E-state index contributed by atoms with van der Waals surface area (Å²) in [5, 5.41) is 17.7. The van der Waals surface area contributed by atoms with Crippen molar-refractivity contribution in [2.24, 2.45) is 0 Å². The highest BCUT2D eigenvalue weighted by Gasteiger charge is 2.05. The van der Waals surface area contributed by atoms with Gasteiger partial charge < -0.3 is 14.9 Å². The standard InChI is InChI=1S/C18H16O5/c19-15-7-1-13(2-8-15)6-12-18(22)23-16-9-3-14(4-10-16)5-11-17(20)21/h1-5,7-11,19H,6,12H2,(H,20,21)/b11-5+. The molecule has 0 amide bonds. The molecule has 0 aromatic heterocycles. The third-order valence-electron chi connectivity index (χ3n) is 3.08. The molecule has 0 atom stereocenters. The summed E-state index contributed by atoms with van der Waals surface area (Å²) in [6.07, 6.45) is 3.25. The van der Waals surface area contributed by atoms with Crippen LogP contribution in [0.5, 0.6) is 11.5 Å². The number of hydrogen-bond donors (Lipinski definition) is 2. The summed E-state index contributed by atoms with van der Waals surface area (Å²) < 4.78 is 5.21. The topological polar surface area (TPSA) is 83.8 Å². The molecule has 0 saturated heterocycles. The lowest BCUT2D eigenvalue weighted by Crippen LogP contribution is -2.08. The first kappa shape index (κ1) is 16.3. The van der Waals surface area contributed by atoms with Gasteiger partial charge in [0.15, 0.2) is 0 Å². The van der Waals surface area contributed by atoms with E-state index in [4.69, 9.17) is 9.84 Å². The van der Waals surface area contributed by atoms with Crippen LogP contribution < -0.4 is 4.74 Å². The molecule has 0 saturated carbocycles. The van der Waals surface area contributed by atoms with Crippen LogP contribution >= 0.6 is 0 Å². The van der Waals surface area contributed by atoms with Gasteiger partial charge in [-0.25, -0.2) is 4.79 Å². The predicted molar refractivity (Wildman–Crippen MR) is 85.2 cm³/mol. The van der Waals surface area contributed by atoms with Gasteiger partial charge >= 0.3 is 11.9 Å². The van der Waals surface area contributed by atoms with Crippen LogP contribution in [0, 0.1) is 0 Å². The third kappa shape index (κ3) is 5.67. The number of hydrogen-bond acceptors (Lipinski definition) is 4. The number of aromatic hydroxyl groups is 1. The molecule has 0 bridgehead atoms. The Hall–Kier alpha value is -3.08. The smallest absolute Gasteiger partial charge is 0.328 e. The molecule has 5 heteroatoms. The van der Waals surface area contributed by atoms with Crippen LogP contribution in [0.4, 0.5) is 0 Å². The first-order valence-electron chi connectivity index (χ1n) is 7.02. The number of phenolic OH excluding ortho intramolecular Hbond substituents is 1. The maximum atomic E-state index is 11.8. The van der Waals surface area contributed by atoms with Crippen LogP contribution in [-0.4, -0.2) is 22.2 Å².